The fourth-order valence-electron chi connectivity index (χ4n) is 8.66. The molecule has 49 heavy (non-hydrogen) atoms. The highest BCUT2D eigenvalue weighted by Crippen LogP contribution is 2.45. The average Bonchev–Trinajstić information content (AvgIpc) is 3.15. The number of rotatable bonds is 3. The maximum atomic E-state index is 15.7. The van der Waals surface area contributed by atoms with Crippen molar-refractivity contribution < 1.29 is 13.5 Å². The van der Waals surface area contributed by atoms with Crippen LogP contribution in [0.25, 0.3) is 0 Å². The monoisotopic (exact) mass is 668 g/mol. The van der Waals surface area contributed by atoms with E-state index in [-0.39, 0.29) is 24.3 Å². The first-order valence-electron chi connectivity index (χ1n) is 16.5. The van der Waals surface area contributed by atoms with Crippen molar-refractivity contribution in [1.29, 1.82) is 0 Å². The van der Waals surface area contributed by atoms with Crippen LogP contribution in [0.15, 0.2) is 168 Å². The number of ether oxygens (including phenoxy) is 1. The molecule has 0 unspecified atom stereocenters. The summed E-state index contributed by atoms with van der Waals surface area (Å²) in [5.74, 6) is 0.768. The van der Waals surface area contributed by atoms with Gasteiger partial charge in [-0.05, 0) is 85.3 Å². The van der Waals surface area contributed by atoms with Crippen LogP contribution in [0.1, 0.15) is 22.6 Å². The lowest BCUT2D eigenvalue weighted by atomic mass is 9.35. The third kappa shape index (κ3) is 4.11. The molecule has 0 spiro atoms. The molecule has 1 nitrogen and oxygen atoms in total. The SMILES string of the molecule is Fc1ccc2c(c1)[Si](c1ccccc1)(c1ccccc1)c1cc(F)ccc1C2c1ccc2c3c1Oc1ccccc1B3c1ccccc1S2. The van der Waals surface area contributed by atoms with Crippen molar-refractivity contribution in [2.75, 3.05) is 0 Å². The molecule has 3 aliphatic heterocycles. The van der Waals surface area contributed by atoms with E-state index in [1.807, 2.05) is 54.6 Å². The first kappa shape index (κ1) is 28.8. The standard InChI is InChI=1S/C43H27BF2OSSi/c45-27-19-21-31-39(25-27)49(29-11-3-1-4-12-29,30-13-5-2-6-14-30)40-26-28(46)20-22-32(40)41(31)33-23-24-38-42-43(33)47-36-17-9-7-15-34(36)44(42)35-16-8-10-18-37(35)48-38/h1-26,41H. The Morgan fingerprint density at radius 1 is 0.531 bits per heavy atom. The van der Waals surface area contributed by atoms with E-state index in [1.54, 1.807) is 36.0 Å². The zero-order valence-electron chi connectivity index (χ0n) is 26.2. The summed E-state index contributed by atoms with van der Waals surface area (Å²) in [4.78, 5) is 2.42. The summed E-state index contributed by atoms with van der Waals surface area (Å²) in [7, 11) is -3.20. The molecule has 0 bridgehead atoms. The summed E-state index contributed by atoms with van der Waals surface area (Å²) in [5.41, 5.74) is 6.63. The Morgan fingerprint density at radius 3 is 1.73 bits per heavy atom. The van der Waals surface area contributed by atoms with E-state index >= 15 is 8.78 Å². The Bertz CT molecular complexity index is 2350. The van der Waals surface area contributed by atoms with E-state index in [2.05, 4.69) is 78.9 Å². The second kappa shape index (κ2) is 10.9. The highest BCUT2D eigenvalue weighted by Gasteiger charge is 2.51. The summed E-state index contributed by atoms with van der Waals surface area (Å²) in [5, 5.41) is 4.04. The van der Waals surface area contributed by atoms with Crippen molar-refractivity contribution >= 4 is 63.7 Å². The molecule has 0 aromatic heterocycles. The smallest absolute Gasteiger partial charge is 0.253 e. The van der Waals surface area contributed by atoms with Gasteiger partial charge in [0.05, 0.1) is 0 Å². The lowest BCUT2D eigenvalue weighted by Crippen LogP contribution is -2.77. The Labute approximate surface area is 289 Å². The van der Waals surface area contributed by atoms with Crippen LogP contribution in [0.2, 0.25) is 0 Å². The zero-order valence-corrected chi connectivity index (χ0v) is 28.1. The van der Waals surface area contributed by atoms with Crippen LogP contribution in [0.5, 0.6) is 11.5 Å². The van der Waals surface area contributed by atoms with Gasteiger partial charge in [0, 0.05) is 21.3 Å². The molecule has 232 valence electrons. The Morgan fingerprint density at radius 2 is 1.08 bits per heavy atom. The minimum Gasteiger partial charge on any atom is -0.458 e. The molecule has 3 heterocycles. The molecule has 6 heteroatoms. The second-order valence-corrected chi connectivity index (χ2v) is 17.8. The predicted molar refractivity (Wildman–Crippen MR) is 199 cm³/mol. The second-order valence-electron chi connectivity index (χ2n) is 13.0. The van der Waals surface area contributed by atoms with Gasteiger partial charge in [-0.15, -0.1) is 0 Å². The molecule has 0 radical (unpaired) electrons. The first-order valence-corrected chi connectivity index (χ1v) is 19.4. The number of hydrogen-bond acceptors (Lipinski definition) is 2. The van der Waals surface area contributed by atoms with Crippen LogP contribution >= 0.6 is 11.8 Å². The van der Waals surface area contributed by atoms with Gasteiger partial charge in [-0.3, -0.25) is 0 Å². The summed E-state index contributed by atoms with van der Waals surface area (Å²) < 4.78 is 38.4. The lowest BCUT2D eigenvalue weighted by Gasteiger charge is -2.44. The minimum atomic E-state index is -3.20. The van der Waals surface area contributed by atoms with E-state index in [0.29, 0.717) is 0 Å². The van der Waals surface area contributed by atoms with Crippen LogP contribution in [0.3, 0.4) is 0 Å². The van der Waals surface area contributed by atoms with Crippen LogP contribution in [0, 0.1) is 11.6 Å². The third-order valence-electron chi connectivity index (χ3n) is 10.6. The largest absolute Gasteiger partial charge is 0.458 e. The minimum absolute atomic E-state index is 0.0124. The van der Waals surface area contributed by atoms with Gasteiger partial charge in [-0.25, -0.2) is 8.78 Å². The lowest BCUT2D eigenvalue weighted by molar-refractivity contribution is 0.479. The average molecular weight is 669 g/mol. The van der Waals surface area contributed by atoms with E-state index in [9.17, 15) is 0 Å². The molecular formula is C43H27BF2OSSi. The summed E-state index contributed by atoms with van der Waals surface area (Å²) in [6, 6.07) is 52.5. The van der Waals surface area contributed by atoms with Crippen molar-refractivity contribution in [1.82, 2.24) is 0 Å². The quantitative estimate of drug-likeness (QED) is 0.216. The number of para-hydroxylation sites is 1. The van der Waals surface area contributed by atoms with Gasteiger partial charge in [0.2, 0.25) is 0 Å². The van der Waals surface area contributed by atoms with Crippen molar-refractivity contribution in [3.8, 4) is 11.5 Å². The Balaban J connectivity index is 1.30. The molecule has 0 fully saturated rings. The van der Waals surface area contributed by atoms with E-state index in [1.165, 1.54) is 15.3 Å². The molecule has 10 rings (SSSR count). The number of benzene rings is 7. The summed E-state index contributed by atoms with van der Waals surface area (Å²) in [6.07, 6.45) is 0. The van der Waals surface area contributed by atoms with Crippen molar-refractivity contribution in [2.24, 2.45) is 0 Å². The van der Waals surface area contributed by atoms with Crippen molar-refractivity contribution in [3.05, 3.63) is 186 Å². The fraction of sp³-hybridized carbons (Fsp3) is 0.0233. The summed E-state index contributed by atoms with van der Waals surface area (Å²) >= 11 is 1.78. The maximum absolute atomic E-state index is 15.7. The highest BCUT2D eigenvalue weighted by molar-refractivity contribution is 8.00. The normalized spacial score (nSPS) is 14.9. The fourth-order valence-corrected chi connectivity index (χ4v) is 15.1. The van der Waals surface area contributed by atoms with E-state index in [0.717, 1.165) is 59.9 Å². The first-order chi connectivity index (χ1) is 24.1. The summed E-state index contributed by atoms with van der Waals surface area (Å²) in [6.45, 7) is 0.0124. The van der Waals surface area contributed by atoms with Crippen molar-refractivity contribution in [3.63, 3.8) is 0 Å². The molecule has 3 aliphatic rings. The van der Waals surface area contributed by atoms with Crippen LogP contribution in [-0.2, 0) is 0 Å². The zero-order chi connectivity index (χ0) is 32.7. The molecule has 0 saturated carbocycles. The molecule has 7 aromatic carbocycles. The van der Waals surface area contributed by atoms with Gasteiger partial charge in [0.1, 0.15) is 23.1 Å². The van der Waals surface area contributed by atoms with Gasteiger partial charge >= 0.3 is 0 Å². The highest BCUT2D eigenvalue weighted by atomic mass is 32.2. The number of fused-ring (bicyclic) bond motifs is 6. The predicted octanol–water partition coefficient (Wildman–Crippen LogP) is 5.92. The Kier molecular flexibility index (Phi) is 6.42. The number of halogens is 2. The molecule has 0 atom stereocenters. The molecule has 0 amide bonds. The van der Waals surface area contributed by atoms with Gasteiger partial charge in [-0.1, -0.05) is 132 Å². The van der Waals surface area contributed by atoms with Gasteiger partial charge in [0.25, 0.3) is 6.71 Å². The number of hydrogen-bond donors (Lipinski definition) is 0. The molecule has 0 saturated heterocycles. The van der Waals surface area contributed by atoms with Gasteiger partial charge in [-0.2, -0.15) is 0 Å². The maximum Gasteiger partial charge on any atom is 0.253 e. The molecule has 0 aliphatic carbocycles. The van der Waals surface area contributed by atoms with Gasteiger partial charge < -0.3 is 4.74 Å². The van der Waals surface area contributed by atoms with Crippen LogP contribution in [-0.4, -0.2) is 14.8 Å². The topological polar surface area (TPSA) is 9.23 Å². The third-order valence-corrected chi connectivity index (χ3v) is 16.6. The molecular weight excluding hydrogens is 641 g/mol. The van der Waals surface area contributed by atoms with E-state index < -0.39 is 8.07 Å². The van der Waals surface area contributed by atoms with Crippen molar-refractivity contribution in [2.45, 2.75) is 15.7 Å². The van der Waals surface area contributed by atoms with E-state index in [4.69, 9.17) is 4.74 Å². The van der Waals surface area contributed by atoms with Gasteiger partial charge in [0.15, 0.2) is 8.07 Å². The van der Waals surface area contributed by atoms with Crippen LogP contribution < -0.4 is 41.9 Å². The van der Waals surface area contributed by atoms with Crippen LogP contribution in [0.4, 0.5) is 8.78 Å². The molecule has 0 N–H and O–H groups in total. The Hall–Kier alpha value is -5.17. The molecule has 7 aromatic rings.